The largest absolute Gasteiger partial charge is 0.397 e. The molecule has 6 nitrogen and oxygen atoms in total. The zero-order chi connectivity index (χ0) is 10.8. The molecule has 0 aliphatic heterocycles. The third kappa shape index (κ3) is 1.71. The van der Waals surface area contributed by atoms with E-state index in [0.29, 0.717) is 16.7 Å². The van der Waals surface area contributed by atoms with Crippen LogP contribution in [0.2, 0.25) is 0 Å². The summed E-state index contributed by atoms with van der Waals surface area (Å²) in [4.78, 5) is 0. The highest BCUT2D eigenvalue weighted by atomic mass is 16.6. The Morgan fingerprint density at radius 1 is 1.47 bits per heavy atom. The number of benzene rings is 1. The number of hydrogen-bond acceptors (Lipinski definition) is 6. The van der Waals surface area contributed by atoms with Crippen molar-refractivity contribution >= 4 is 22.4 Å². The first-order valence-corrected chi connectivity index (χ1v) is 4.60. The van der Waals surface area contributed by atoms with Gasteiger partial charge in [-0.1, -0.05) is 0 Å². The number of nitrogens with one attached hydrogen (secondary N) is 1. The summed E-state index contributed by atoms with van der Waals surface area (Å²) >= 11 is 0. The second-order valence-corrected chi connectivity index (χ2v) is 3.39. The lowest BCUT2D eigenvalue weighted by Crippen LogP contribution is -2.19. The average molecular weight is 208 g/mol. The second-order valence-electron chi connectivity index (χ2n) is 3.39. The molecule has 2 rings (SSSR count). The van der Waals surface area contributed by atoms with Crippen molar-refractivity contribution in [2.75, 3.05) is 17.7 Å². The van der Waals surface area contributed by atoms with Crippen LogP contribution in [0.4, 0.5) is 11.4 Å². The van der Waals surface area contributed by atoms with E-state index in [-0.39, 0.29) is 12.6 Å². The Hall–Kier alpha value is -1.82. The van der Waals surface area contributed by atoms with Crippen LogP contribution in [0.1, 0.15) is 6.92 Å². The van der Waals surface area contributed by atoms with Crippen molar-refractivity contribution < 1.29 is 9.74 Å². The van der Waals surface area contributed by atoms with Crippen LogP contribution in [0.5, 0.6) is 0 Å². The Kier molecular flexibility index (Phi) is 2.42. The molecular weight excluding hydrogens is 196 g/mol. The number of hydrogen-bond donors (Lipinski definition) is 3. The first kappa shape index (κ1) is 9.72. The topological polar surface area (TPSA) is 97.2 Å². The van der Waals surface area contributed by atoms with Crippen LogP contribution in [-0.2, 0) is 0 Å². The van der Waals surface area contributed by atoms with Gasteiger partial charge in [-0.15, -0.1) is 0 Å². The minimum atomic E-state index is -0.0616. The maximum atomic E-state index is 8.93. The number of rotatable bonds is 3. The molecule has 4 N–H and O–H groups in total. The molecule has 80 valence electrons. The van der Waals surface area contributed by atoms with Gasteiger partial charge in [0.1, 0.15) is 0 Å². The molecule has 0 amide bonds. The van der Waals surface area contributed by atoms with Gasteiger partial charge in [0.2, 0.25) is 0 Å². The summed E-state index contributed by atoms with van der Waals surface area (Å²) in [6, 6.07) is 3.45. The van der Waals surface area contributed by atoms with Crippen molar-refractivity contribution in [3.05, 3.63) is 12.1 Å². The third-order valence-electron chi connectivity index (χ3n) is 2.12. The van der Waals surface area contributed by atoms with Gasteiger partial charge in [-0.2, -0.15) is 0 Å². The number of nitrogens with zero attached hydrogens (tertiary/aromatic N) is 2. The van der Waals surface area contributed by atoms with Crippen molar-refractivity contribution in [2.45, 2.75) is 13.0 Å². The molecule has 1 heterocycles. The minimum absolute atomic E-state index is 0.0388. The fraction of sp³-hybridized carbons (Fsp3) is 0.333. The number of nitrogens with two attached hydrogens (primary N) is 1. The van der Waals surface area contributed by atoms with Gasteiger partial charge in [0, 0.05) is 6.04 Å². The normalized spacial score (nSPS) is 12.9. The predicted molar refractivity (Wildman–Crippen MR) is 56.4 cm³/mol. The molecule has 0 bridgehead atoms. The lowest BCUT2D eigenvalue weighted by molar-refractivity contribution is 0.281. The van der Waals surface area contributed by atoms with Crippen molar-refractivity contribution in [3.8, 4) is 0 Å². The summed E-state index contributed by atoms with van der Waals surface area (Å²) in [5.41, 5.74) is 8.08. The third-order valence-corrected chi connectivity index (χ3v) is 2.12. The van der Waals surface area contributed by atoms with Crippen LogP contribution >= 0.6 is 0 Å². The summed E-state index contributed by atoms with van der Waals surface area (Å²) in [5, 5.41) is 19.5. The van der Waals surface area contributed by atoms with Gasteiger partial charge in [0.15, 0.2) is 11.0 Å². The van der Waals surface area contributed by atoms with Gasteiger partial charge in [-0.05, 0) is 29.4 Å². The van der Waals surface area contributed by atoms with Gasteiger partial charge in [0.25, 0.3) is 0 Å². The molecular formula is C9H12N4O2. The van der Waals surface area contributed by atoms with E-state index in [4.69, 9.17) is 10.8 Å². The molecule has 0 aliphatic carbocycles. The smallest absolute Gasteiger partial charge is 0.160 e. The van der Waals surface area contributed by atoms with E-state index < -0.39 is 0 Å². The number of aliphatic hydroxyl groups is 1. The fourth-order valence-electron chi connectivity index (χ4n) is 1.31. The van der Waals surface area contributed by atoms with E-state index >= 15 is 0 Å². The molecule has 0 radical (unpaired) electrons. The van der Waals surface area contributed by atoms with Gasteiger partial charge in [-0.25, -0.2) is 4.63 Å². The van der Waals surface area contributed by atoms with Crippen molar-refractivity contribution in [1.82, 2.24) is 10.3 Å². The van der Waals surface area contributed by atoms with E-state index in [1.807, 2.05) is 6.92 Å². The lowest BCUT2D eigenvalue weighted by atomic mass is 10.2. The number of fused-ring (bicyclic) bond motifs is 1. The highest BCUT2D eigenvalue weighted by Gasteiger charge is 2.11. The molecule has 6 heteroatoms. The Labute approximate surface area is 86.0 Å². The first-order valence-electron chi connectivity index (χ1n) is 4.60. The molecule has 0 fully saturated rings. The highest BCUT2D eigenvalue weighted by Crippen LogP contribution is 2.25. The molecule has 0 aliphatic rings. The monoisotopic (exact) mass is 208 g/mol. The van der Waals surface area contributed by atoms with E-state index in [9.17, 15) is 0 Å². The molecule has 0 saturated carbocycles. The zero-order valence-corrected chi connectivity index (χ0v) is 8.27. The minimum Gasteiger partial charge on any atom is -0.397 e. The Balaban J connectivity index is 2.43. The summed E-state index contributed by atoms with van der Waals surface area (Å²) in [7, 11) is 0. The first-order chi connectivity index (χ1) is 7.22. The zero-order valence-electron chi connectivity index (χ0n) is 8.27. The Morgan fingerprint density at radius 3 is 2.93 bits per heavy atom. The van der Waals surface area contributed by atoms with E-state index in [0.717, 1.165) is 5.69 Å². The van der Waals surface area contributed by atoms with E-state index in [2.05, 4.69) is 20.3 Å². The van der Waals surface area contributed by atoms with Crippen molar-refractivity contribution in [1.29, 1.82) is 0 Å². The van der Waals surface area contributed by atoms with Crippen LogP contribution in [-0.4, -0.2) is 28.1 Å². The van der Waals surface area contributed by atoms with Gasteiger partial charge < -0.3 is 16.2 Å². The Bertz CT molecular complexity index is 468. The van der Waals surface area contributed by atoms with Crippen molar-refractivity contribution in [2.24, 2.45) is 0 Å². The summed E-state index contributed by atoms with van der Waals surface area (Å²) in [5.74, 6) is 0. The van der Waals surface area contributed by atoms with Crippen LogP contribution in [0.15, 0.2) is 16.8 Å². The van der Waals surface area contributed by atoms with Gasteiger partial charge in [0.05, 0.1) is 18.0 Å². The summed E-state index contributed by atoms with van der Waals surface area (Å²) in [6.45, 7) is 1.90. The predicted octanol–water partition coefficient (Wildman–Crippen LogP) is 0.598. The van der Waals surface area contributed by atoms with Gasteiger partial charge in [-0.3, -0.25) is 0 Å². The summed E-state index contributed by atoms with van der Waals surface area (Å²) < 4.78 is 4.62. The van der Waals surface area contributed by atoms with Crippen LogP contribution in [0.3, 0.4) is 0 Å². The molecule has 0 spiro atoms. The van der Waals surface area contributed by atoms with E-state index in [1.165, 1.54) is 0 Å². The van der Waals surface area contributed by atoms with Crippen LogP contribution in [0.25, 0.3) is 11.0 Å². The van der Waals surface area contributed by atoms with E-state index in [1.54, 1.807) is 12.1 Å². The number of aromatic nitrogens is 2. The second kappa shape index (κ2) is 3.74. The van der Waals surface area contributed by atoms with Gasteiger partial charge >= 0.3 is 0 Å². The molecule has 1 atom stereocenters. The number of anilines is 2. The standard InChI is InChI=1S/C9H12N4O2/c1-5(4-14)11-7-3-2-6(10)8-9(7)13-15-12-8/h2-3,5,11,14H,4,10H2,1H3. The van der Waals surface area contributed by atoms with Crippen molar-refractivity contribution in [3.63, 3.8) is 0 Å². The number of nitrogen functional groups attached to an aromatic ring is 1. The van der Waals surface area contributed by atoms with Crippen LogP contribution < -0.4 is 11.1 Å². The molecule has 2 aromatic rings. The maximum Gasteiger partial charge on any atom is 0.160 e. The molecule has 15 heavy (non-hydrogen) atoms. The van der Waals surface area contributed by atoms with Crippen LogP contribution in [0, 0.1) is 0 Å². The SMILES string of the molecule is CC(CO)Nc1ccc(N)c2nonc12. The lowest BCUT2D eigenvalue weighted by Gasteiger charge is -2.12. The quantitative estimate of drug-likeness (QED) is 0.639. The molecule has 0 saturated heterocycles. The maximum absolute atomic E-state index is 8.93. The fourth-order valence-corrected chi connectivity index (χ4v) is 1.31. The molecule has 1 unspecified atom stereocenters. The highest BCUT2D eigenvalue weighted by molar-refractivity contribution is 5.94. The average Bonchev–Trinajstić information content (AvgIpc) is 2.71. The molecule has 1 aromatic heterocycles. The molecule has 1 aromatic carbocycles. The summed E-state index contributed by atoms with van der Waals surface area (Å²) in [6.07, 6.45) is 0. The number of aliphatic hydroxyl groups excluding tert-OH is 1. The Morgan fingerprint density at radius 2 is 2.20 bits per heavy atom.